The topological polar surface area (TPSA) is 89.0 Å². The van der Waals surface area contributed by atoms with Crippen molar-refractivity contribution >= 4 is 45.6 Å². The normalized spacial score (nSPS) is 23.5. The van der Waals surface area contributed by atoms with E-state index in [9.17, 15) is 14.7 Å². The van der Waals surface area contributed by atoms with Crippen molar-refractivity contribution in [1.82, 2.24) is 9.88 Å². The van der Waals surface area contributed by atoms with E-state index in [-0.39, 0.29) is 35.5 Å². The summed E-state index contributed by atoms with van der Waals surface area (Å²) in [5.41, 5.74) is 5.18. The average Bonchev–Trinajstić information content (AvgIpc) is 3.78. The van der Waals surface area contributed by atoms with Crippen LogP contribution in [0.25, 0.3) is 22.4 Å². The van der Waals surface area contributed by atoms with Crippen molar-refractivity contribution in [2.75, 3.05) is 20.3 Å². The molecule has 3 aliphatic rings. The van der Waals surface area contributed by atoms with Crippen LogP contribution in [0, 0.1) is 17.8 Å². The van der Waals surface area contributed by atoms with Crippen LogP contribution in [0.1, 0.15) is 35.4 Å². The number of hydrogen-bond donors (Lipinski definition) is 1. The second-order valence-electron chi connectivity index (χ2n) is 11.7. The molecule has 2 saturated heterocycles. The SMILES string of the molecule is COCC1=C2[C@@H](CC/C(=C/c3ccc(O)c4ccccc34)c3ccccn3)OC[C@@H]2[C@@H]2C(=O)N(Cc3cccs3)C(=O)[C@@H]2C1. The minimum Gasteiger partial charge on any atom is -0.507 e. The van der Waals surface area contributed by atoms with Gasteiger partial charge in [-0.25, -0.2) is 0 Å². The first-order valence-electron chi connectivity index (χ1n) is 15.1. The van der Waals surface area contributed by atoms with E-state index in [1.807, 2.05) is 66.0 Å². The number of amides is 2. The van der Waals surface area contributed by atoms with Gasteiger partial charge in [0.15, 0.2) is 0 Å². The lowest BCUT2D eigenvalue weighted by Gasteiger charge is -2.31. The molecular formula is C36H34N2O5S. The Morgan fingerprint density at radius 2 is 1.89 bits per heavy atom. The highest BCUT2D eigenvalue weighted by molar-refractivity contribution is 7.09. The summed E-state index contributed by atoms with van der Waals surface area (Å²) < 4.78 is 12.1. The van der Waals surface area contributed by atoms with Gasteiger partial charge in [0.1, 0.15) is 5.75 Å². The van der Waals surface area contributed by atoms with Gasteiger partial charge >= 0.3 is 0 Å². The number of thiophene rings is 1. The van der Waals surface area contributed by atoms with Gasteiger partial charge in [0.2, 0.25) is 11.8 Å². The third kappa shape index (κ3) is 5.17. The third-order valence-corrected chi connectivity index (χ3v) is 10.1. The molecule has 2 aliphatic heterocycles. The molecule has 4 aromatic rings. The molecule has 0 radical (unpaired) electrons. The van der Waals surface area contributed by atoms with Crippen LogP contribution < -0.4 is 0 Å². The number of fused-ring (bicyclic) bond motifs is 4. The number of phenolic OH excluding ortho intramolecular Hbond substituents is 1. The summed E-state index contributed by atoms with van der Waals surface area (Å²) in [7, 11) is 1.67. The molecule has 44 heavy (non-hydrogen) atoms. The van der Waals surface area contributed by atoms with Gasteiger partial charge in [-0.1, -0.05) is 42.5 Å². The number of benzene rings is 2. The molecule has 0 unspecified atom stereocenters. The Bertz CT molecular complexity index is 1760. The summed E-state index contributed by atoms with van der Waals surface area (Å²) in [6, 6.07) is 21.3. The number of carbonyl (C=O) groups is 2. The van der Waals surface area contributed by atoms with E-state index in [0.29, 0.717) is 39.0 Å². The Kier molecular flexibility index (Phi) is 7.89. The molecule has 0 saturated carbocycles. The van der Waals surface area contributed by atoms with Gasteiger partial charge in [-0.2, -0.15) is 0 Å². The molecule has 1 N–H and O–H groups in total. The molecule has 2 fully saturated rings. The predicted molar refractivity (Wildman–Crippen MR) is 171 cm³/mol. The largest absolute Gasteiger partial charge is 0.507 e. The number of nitrogens with zero attached hydrogens (tertiary/aromatic N) is 2. The van der Waals surface area contributed by atoms with Crippen molar-refractivity contribution in [2.45, 2.75) is 31.9 Å². The molecule has 2 aromatic heterocycles. The Balaban J connectivity index is 1.18. The first kappa shape index (κ1) is 28.6. The predicted octanol–water partition coefficient (Wildman–Crippen LogP) is 6.49. The lowest BCUT2D eigenvalue weighted by atomic mass is 9.69. The number of rotatable bonds is 9. The summed E-state index contributed by atoms with van der Waals surface area (Å²) in [4.78, 5) is 34.4. The van der Waals surface area contributed by atoms with Gasteiger partial charge in [-0.05, 0) is 82.7 Å². The molecule has 4 atom stereocenters. The molecule has 7 rings (SSSR count). The van der Waals surface area contributed by atoms with E-state index in [1.165, 1.54) is 4.90 Å². The first-order valence-corrected chi connectivity index (χ1v) is 15.9. The van der Waals surface area contributed by atoms with Crippen molar-refractivity contribution < 1.29 is 24.2 Å². The monoisotopic (exact) mass is 606 g/mol. The van der Waals surface area contributed by atoms with Crippen LogP contribution in [0.4, 0.5) is 0 Å². The zero-order valence-corrected chi connectivity index (χ0v) is 25.3. The van der Waals surface area contributed by atoms with Crippen molar-refractivity contribution in [2.24, 2.45) is 17.8 Å². The highest BCUT2D eigenvalue weighted by atomic mass is 32.1. The van der Waals surface area contributed by atoms with Crippen LogP contribution in [0.5, 0.6) is 5.75 Å². The maximum absolute atomic E-state index is 13.7. The molecule has 1 aliphatic carbocycles. The number of allylic oxidation sites excluding steroid dienone is 1. The van der Waals surface area contributed by atoms with Crippen molar-refractivity contribution in [3.63, 3.8) is 0 Å². The number of aromatic hydroxyl groups is 1. The number of methoxy groups -OCH3 is 1. The summed E-state index contributed by atoms with van der Waals surface area (Å²) in [5.74, 6) is -0.787. The second kappa shape index (κ2) is 12.1. The number of phenols is 1. The second-order valence-corrected chi connectivity index (χ2v) is 12.8. The Labute approximate surface area is 260 Å². The number of pyridine rings is 1. The summed E-state index contributed by atoms with van der Waals surface area (Å²) in [6.45, 7) is 1.17. The number of hydrogen-bond acceptors (Lipinski definition) is 7. The zero-order valence-electron chi connectivity index (χ0n) is 24.5. The molecule has 0 spiro atoms. The molecule has 2 amide bonds. The molecular weight excluding hydrogens is 572 g/mol. The molecule has 7 nitrogen and oxygen atoms in total. The average molecular weight is 607 g/mol. The molecule has 4 heterocycles. The standard InChI is InChI=1S/C36H34N2O5S/c1-42-20-24-18-28-34(36(41)38(35(28)40)19-25-7-6-16-44-25)29-21-43-32(33(24)29)14-12-23(30-10-4-5-15-37-30)17-22-11-13-31(39)27-9-3-2-8-26(22)27/h2-11,13,15-17,28-29,32,34,39H,12,14,18-21H2,1H3/b23-17-/t28-,29+,32-,34-/m1/s1. The van der Waals surface area contributed by atoms with Crippen LogP contribution in [0.2, 0.25) is 0 Å². The summed E-state index contributed by atoms with van der Waals surface area (Å²) >= 11 is 1.56. The van der Waals surface area contributed by atoms with Gasteiger partial charge in [0.05, 0.1) is 43.4 Å². The fourth-order valence-electron chi connectivity index (χ4n) is 7.29. The highest BCUT2D eigenvalue weighted by Crippen LogP contribution is 2.50. The maximum atomic E-state index is 13.7. The van der Waals surface area contributed by atoms with E-state index < -0.39 is 5.92 Å². The molecule has 2 aromatic carbocycles. The lowest BCUT2D eigenvalue weighted by molar-refractivity contribution is -0.140. The minimum absolute atomic E-state index is 0.0778. The van der Waals surface area contributed by atoms with Crippen molar-refractivity contribution in [3.05, 3.63) is 106 Å². The number of likely N-dealkylation sites (tertiary alicyclic amines) is 1. The number of aromatic nitrogens is 1. The first-order chi connectivity index (χ1) is 21.5. The Hall–Kier alpha value is -4.11. The lowest BCUT2D eigenvalue weighted by Crippen LogP contribution is -2.35. The highest BCUT2D eigenvalue weighted by Gasteiger charge is 2.56. The quantitative estimate of drug-likeness (QED) is 0.173. The van der Waals surface area contributed by atoms with Gasteiger partial charge in [0.25, 0.3) is 0 Å². The fraction of sp³-hybridized carbons (Fsp3) is 0.306. The van der Waals surface area contributed by atoms with E-state index in [1.54, 1.807) is 30.7 Å². The Morgan fingerprint density at radius 3 is 2.66 bits per heavy atom. The van der Waals surface area contributed by atoms with Crippen LogP contribution in [0.15, 0.2) is 89.5 Å². The zero-order chi connectivity index (χ0) is 30.2. The number of carbonyl (C=O) groups excluding carboxylic acids is 2. The fourth-order valence-corrected chi connectivity index (χ4v) is 7.99. The van der Waals surface area contributed by atoms with E-state index in [2.05, 4.69) is 11.1 Å². The maximum Gasteiger partial charge on any atom is 0.234 e. The van der Waals surface area contributed by atoms with Crippen LogP contribution >= 0.6 is 11.3 Å². The molecule has 8 heteroatoms. The number of imide groups is 1. The minimum atomic E-state index is -0.391. The van der Waals surface area contributed by atoms with Gasteiger partial charge in [-0.3, -0.25) is 19.5 Å². The van der Waals surface area contributed by atoms with Gasteiger partial charge < -0.3 is 14.6 Å². The Morgan fingerprint density at radius 1 is 1.05 bits per heavy atom. The van der Waals surface area contributed by atoms with Crippen LogP contribution in [-0.2, 0) is 25.6 Å². The third-order valence-electron chi connectivity index (χ3n) is 9.25. The summed E-state index contributed by atoms with van der Waals surface area (Å²) in [6.07, 6.45) is 5.70. The van der Waals surface area contributed by atoms with Gasteiger partial charge in [-0.15, -0.1) is 11.3 Å². The van der Waals surface area contributed by atoms with Crippen molar-refractivity contribution in [1.29, 1.82) is 0 Å². The molecule has 0 bridgehead atoms. The van der Waals surface area contributed by atoms with Crippen LogP contribution in [-0.4, -0.2) is 53.2 Å². The van der Waals surface area contributed by atoms with E-state index in [4.69, 9.17) is 9.47 Å². The van der Waals surface area contributed by atoms with E-state index in [0.717, 1.165) is 43.6 Å². The smallest absolute Gasteiger partial charge is 0.234 e. The van der Waals surface area contributed by atoms with Crippen molar-refractivity contribution in [3.8, 4) is 5.75 Å². The van der Waals surface area contributed by atoms with Crippen LogP contribution in [0.3, 0.4) is 0 Å². The summed E-state index contributed by atoms with van der Waals surface area (Å²) in [5, 5.41) is 14.2. The van der Waals surface area contributed by atoms with Gasteiger partial charge in [0, 0.05) is 29.5 Å². The number of ether oxygens (including phenoxy) is 2. The molecule has 224 valence electrons. The van der Waals surface area contributed by atoms with E-state index >= 15 is 0 Å².